The number of carbonyl (C=O) groups is 3. The second-order valence-corrected chi connectivity index (χ2v) is 6.34. The fourth-order valence-corrected chi connectivity index (χ4v) is 1.76. The van der Waals surface area contributed by atoms with E-state index in [1.807, 2.05) is 0 Å². The Morgan fingerprint density at radius 2 is 1.75 bits per heavy atom. The minimum atomic E-state index is -0.760. The van der Waals surface area contributed by atoms with E-state index in [2.05, 4.69) is 10.6 Å². The summed E-state index contributed by atoms with van der Waals surface area (Å²) in [4.78, 5) is 36.1. The molecule has 7 nitrogen and oxygen atoms in total. The van der Waals surface area contributed by atoms with Crippen LogP contribution in [0.4, 0.5) is 5.69 Å². The molecule has 0 aliphatic carbocycles. The first-order valence-corrected chi connectivity index (χ1v) is 7.48. The summed E-state index contributed by atoms with van der Waals surface area (Å²) in [5.74, 6) is -0.825. The van der Waals surface area contributed by atoms with Crippen molar-refractivity contribution in [2.45, 2.75) is 33.7 Å². The Morgan fingerprint density at radius 1 is 1.12 bits per heavy atom. The summed E-state index contributed by atoms with van der Waals surface area (Å²) in [7, 11) is 2.72. The first-order chi connectivity index (χ1) is 11.1. The highest BCUT2D eigenvalue weighted by Gasteiger charge is 2.25. The van der Waals surface area contributed by atoms with E-state index in [1.54, 1.807) is 39.8 Å². The third-order valence-corrected chi connectivity index (χ3v) is 3.31. The zero-order chi connectivity index (χ0) is 18.5. The molecule has 1 atom stereocenters. The first kappa shape index (κ1) is 19.5. The molecule has 2 N–H and O–H groups in total. The molecule has 24 heavy (non-hydrogen) atoms. The van der Waals surface area contributed by atoms with Crippen molar-refractivity contribution in [2.75, 3.05) is 19.5 Å². The van der Waals surface area contributed by atoms with Crippen molar-refractivity contribution < 1.29 is 23.9 Å². The van der Waals surface area contributed by atoms with Crippen molar-refractivity contribution in [1.29, 1.82) is 0 Å². The highest BCUT2D eigenvalue weighted by atomic mass is 16.5. The fourth-order valence-electron chi connectivity index (χ4n) is 1.76. The standard InChI is InChI=1S/C17H24N2O5/c1-10(18-16(22)17(2,3)4)14(20)19-13-8-7-11(23-5)9-12(13)15(21)24-6/h7-10H,1-6H3,(H,18,22)(H,19,20)/t10-/m0/s1. The maximum atomic E-state index is 12.3. The van der Waals surface area contributed by atoms with Crippen LogP contribution >= 0.6 is 0 Å². The van der Waals surface area contributed by atoms with Gasteiger partial charge in [0.15, 0.2) is 0 Å². The summed E-state index contributed by atoms with van der Waals surface area (Å²) < 4.78 is 9.78. The summed E-state index contributed by atoms with van der Waals surface area (Å²) in [6.45, 7) is 6.84. The quantitative estimate of drug-likeness (QED) is 0.802. The monoisotopic (exact) mass is 336 g/mol. The molecule has 0 aliphatic rings. The van der Waals surface area contributed by atoms with Crippen LogP contribution in [0.3, 0.4) is 0 Å². The van der Waals surface area contributed by atoms with Gasteiger partial charge in [0.25, 0.3) is 0 Å². The average molecular weight is 336 g/mol. The van der Waals surface area contributed by atoms with Crippen molar-refractivity contribution in [1.82, 2.24) is 5.32 Å². The van der Waals surface area contributed by atoms with E-state index in [0.29, 0.717) is 5.75 Å². The van der Waals surface area contributed by atoms with Gasteiger partial charge in [-0.1, -0.05) is 20.8 Å². The smallest absolute Gasteiger partial charge is 0.340 e. The molecule has 132 valence electrons. The van der Waals surface area contributed by atoms with Crippen molar-refractivity contribution in [3.63, 3.8) is 0 Å². The molecule has 1 aromatic carbocycles. The van der Waals surface area contributed by atoms with Gasteiger partial charge in [0.2, 0.25) is 11.8 Å². The first-order valence-electron chi connectivity index (χ1n) is 7.48. The normalized spacial score (nSPS) is 12.1. The molecule has 0 spiro atoms. The summed E-state index contributed by atoms with van der Waals surface area (Å²) >= 11 is 0. The Morgan fingerprint density at radius 3 is 2.25 bits per heavy atom. The van der Waals surface area contributed by atoms with Crippen LogP contribution in [0.15, 0.2) is 18.2 Å². The number of benzene rings is 1. The number of hydrogen-bond acceptors (Lipinski definition) is 5. The molecule has 0 aromatic heterocycles. The van der Waals surface area contributed by atoms with Gasteiger partial charge in [-0.05, 0) is 25.1 Å². The Balaban J connectivity index is 2.93. The van der Waals surface area contributed by atoms with Crippen LogP contribution in [0, 0.1) is 5.41 Å². The number of amides is 2. The maximum Gasteiger partial charge on any atom is 0.340 e. The van der Waals surface area contributed by atoms with Gasteiger partial charge in [0, 0.05) is 5.41 Å². The lowest BCUT2D eigenvalue weighted by Gasteiger charge is -2.21. The molecule has 2 amide bonds. The van der Waals surface area contributed by atoms with Crippen LogP contribution in [-0.2, 0) is 14.3 Å². The van der Waals surface area contributed by atoms with Crippen LogP contribution < -0.4 is 15.4 Å². The summed E-state index contributed by atoms with van der Waals surface area (Å²) in [6.07, 6.45) is 0. The Bertz CT molecular complexity index is 634. The van der Waals surface area contributed by atoms with Crippen LogP contribution in [0.25, 0.3) is 0 Å². The number of hydrogen-bond donors (Lipinski definition) is 2. The third-order valence-electron chi connectivity index (χ3n) is 3.31. The lowest BCUT2D eigenvalue weighted by atomic mass is 9.95. The van der Waals surface area contributed by atoms with E-state index >= 15 is 0 Å². The van der Waals surface area contributed by atoms with Crippen LogP contribution in [0.5, 0.6) is 5.75 Å². The molecular weight excluding hydrogens is 312 g/mol. The molecule has 0 saturated carbocycles. The van der Waals surface area contributed by atoms with Gasteiger partial charge in [0.05, 0.1) is 25.5 Å². The van der Waals surface area contributed by atoms with E-state index in [0.717, 1.165) is 0 Å². The minimum absolute atomic E-state index is 0.166. The molecule has 0 fully saturated rings. The van der Waals surface area contributed by atoms with Crippen molar-refractivity contribution >= 4 is 23.5 Å². The minimum Gasteiger partial charge on any atom is -0.497 e. The third kappa shape index (κ3) is 4.97. The number of methoxy groups -OCH3 is 2. The van der Waals surface area contributed by atoms with E-state index in [4.69, 9.17) is 9.47 Å². The van der Waals surface area contributed by atoms with Crippen LogP contribution in [-0.4, -0.2) is 38.0 Å². The molecule has 0 heterocycles. The number of rotatable bonds is 5. The SMILES string of the molecule is COC(=O)c1cc(OC)ccc1NC(=O)[C@H](C)NC(=O)C(C)(C)C. The molecule has 0 unspecified atom stereocenters. The second-order valence-electron chi connectivity index (χ2n) is 6.34. The zero-order valence-electron chi connectivity index (χ0n) is 14.9. The lowest BCUT2D eigenvalue weighted by molar-refractivity contribution is -0.131. The summed E-state index contributed by atoms with van der Waals surface area (Å²) in [6, 6.07) is 3.87. The summed E-state index contributed by atoms with van der Waals surface area (Å²) in [5, 5.41) is 5.26. The van der Waals surface area contributed by atoms with Gasteiger partial charge in [-0.25, -0.2) is 4.79 Å². The van der Waals surface area contributed by atoms with Gasteiger partial charge in [-0.15, -0.1) is 0 Å². The number of esters is 1. The number of carbonyl (C=O) groups excluding carboxylic acids is 3. The number of ether oxygens (including phenoxy) is 2. The Kier molecular flexibility index (Phi) is 6.34. The van der Waals surface area contributed by atoms with Gasteiger partial charge in [0.1, 0.15) is 11.8 Å². The van der Waals surface area contributed by atoms with E-state index in [1.165, 1.54) is 20.3 Å². The largest absolute Gasteiger partial charge is 0.497 e. The lowest BCUT2D eigenvalue weighted by Crippen LogP contribution is -2.46. The fraction of sp³-hybridized carbons (Fsp3) is 0.471. The molecular formula is C17H24N2O5. The molecule has 0 radical (unpaired) electrons. The van der Waals surface area contributed by atoms with E-state index < -0.39 is 23.3 Å². The van der Waals surface area contributed by atoms with Crippen molar-refractivity contribution in [3.8, 4) is 5.75 Å². The topological polar surface area (TPSA) is 93.7 Å². The number of nitrogens with one attached hydrogen (secondary N) is 2. The number of anilines is 1. The zero-order valence-corrected chi connectivity index (χ0v) is 14.9. The molecule has 0 aliphatic heterocycles. The molecule has 7 heteroatoms. The molecule has 0 saturated heterocycles. The van der Waals surface area contributed by atoms with Crippen molar-refractivity contribution in [3.05, 3.63) is 23.8 Å². The molecule has 1 aromatic rings. The van der Waals surface area contributed by atoms with Gasteiger partial charge >= 0.3 is 5.97 Å². The highest BCUT2D eigenvalue weighted by Crippen LogP contribution is 2.23. The predicted molar refractivity (Wildman–Crippen MR) is 90.0 cm³/mol. The summed E-state index contributed by atoms with van der Waals surface area (Å²) in [5.41, 5.74) is -0.157. The van der Waals surface area contributed by atoms with E-state index in [-0.39, 0.29) is 17.2 Å². The molecule has 0 bridgehead atoms. The predicted octanol–water partition coefficient (Wildman–Crippen LogP) is 1.97. The highest BCUT2D eigenvalue weighted by molar-refractivity contribution is 6.03. The Hall–Kier alpha value is -2.57. The molecule has 1 rings (SSSR count). The van der Waals surface area contributed by atoms with Gasteiger partial charge < -0.3 is 20.1 Å². The van der Waals surface area contributed by atoms with Gasteiger partial charge in [-0.2, -0.15) is 0 Å². The van der Waals surface area contributed by atoms with Crippen molar-refractivity contribution in [2.24, 2.45) is 5.41 Å². The van der Waals surface area contributed by atoms with Crippen LogP contribution in [0.1, 0.15) is 38.1 Å². The Labute approximate surface area is 141 Å². The van der Waals surface area contributed by atoms with E-state index in [9.17, 15) is 14.4 Å². The maximum absolute atomic E-state index is 12.3. The van der Waals surface area contributed by atoms with Gasteiger partial charge in [-0.3, -0.25) is 9.59 Å². The van der Waals surface area contributed by atoms with Crippen LogP contribution in [0.2, 0.25) is 0 Å². The second kappa shape index (κ2) is 7.81. The average Bonchev–Trinajstić information content (AvgIpc) is 2.53.